The molecule has 2 aromatic rings. The number of methoxy groups -OCH3 is 3. The molecule has 4 rings (SSSR count). The van der Waals surface area contributed by atoms with Crippen LogP contribution < -0.4 is 14.2 Å². The second-order valence-electron chi connectivity index (χ2n) is 8.48. The first-order valence-corrected chi connectivity index (χ1v) is 10.8. The molecule has 166 valence electrons. The van der Waals surface area contributed by atoms with Crippen molar-refractivity contribution in [2.24, 2.45) is 0 Å². The topological polar surface area (TPSA) is 64.1 Å². The third kappa shape index (κ3) is 3.94. The Kier molecular flexibility index (Phi) is 6.05. The Bertz CT molecular complexity index is 976. The summed E-state index contributed by atoms with van der Waals surface area (Å²) in [5.41, 5.74) is 3.64. The van der Waals surface area contributed by atoms with E-state index in [9.17, 15) is 4.79 Å². The van der Waals surface area contributed by atoms with E-state index in [-0.39, 0.29) is 11.9 Å². The van der Waals surface area contributed by atoms with Crippen LogP contribution in [-0.4, -0.2) is 61.2 Å². The van der Waals surface area contributed by atoms with Crippen LogP contribution in [-0.2, 0) is 13.1 Å². The van der Waals surface area contributed by atoms with Crippen molar-refractivity contribution < 1.29 is 19.0 Å². The number of fused-ring (bicyclic) bond motifs is 1. The number of rotatable bonds is 7. The minimum absolute atomic E-state index is 0.0572. The van der Waals surface area contributed by atoms with Crippen LogP contribution in [0.3, 0.4) is 0 Å². The van der Waals surface area contributed by atoms with Crippen LogP contribution in [0, 0.1) is 0 Å². The Labute approximate surface area is 183 Å². The molecule has 0 bridgehead atoms. The highest BCUT2D eigenvalue weighted by Gasteiger charge is 2.33. The Morgan fingerprint density at radius 1 is 1.16 bits per heavy atom. The smallest absolute Gasteiger partial charge is 0.256 e. The van der Waals surface area contributed by atoms with Crippen molar-refractivity contribution in [2.75, 3.05) is 34.4 Å². The second kappa shape index (κ2) is 8.75. The van der Waals surface area contributed by atoms with Gasteiger partial charge in [0.15, 0.2) is 11.5 Å². The summed E-state index contributed by atoms with van der Waals surface area (Å²) in [6.45, 7) is 7.15. The standard InChI is InChI=1S/C24H31N3O4/c1-15(2)27-14-20-19(24(27)28)11-17(23(25-20)31-5)13-26-10-9-16(12-26)18-7-6-8-21(29-3)22(18)30-4/h6-8,11,15-16H,9-10,12-14H2,1-5H3. The number of benzene rings is 1. The highest BCUT2D eigenvalue weighted by atomic mass is 16.5. The van der Waals surface area contributed by atoms with Crippen LogP contribution in [0.25, 0.3) is 0 Å². The van der Waals surface area contributed by atoms with Gasteiger partial charge in [0.2, 0.25) is 5.88 Å². The van der Waals surface area contributed by atoms with Crippen LogP contribution >= 0.6 is 0 Å². The monoisotopic (exact) mass is 425 g/mol. The molecule has 1 aromatic heterocycles. The summed E-state index contributed by atoms with van der Waals surface area (Å²) in [5.74, 6) is 2.60. The predicted octanol–water partition coefficient (Wildman–Crippen LogP) is 3.46. The first-order valence-electron chi connectivity index (χ1n) is 10.8. The number of carbonyl (C=O) groups is 1. The third-order valence-corrected chi connectivity index (χ3v) is 6.31. The number of para-hydroxylation sites is 1. The summed E-state index contributed by atoms with van der Waals surface area (Å²) in [6, 6.07) is 8.18. The molecule has 7 heteroatoms. The largest absolute Gasteiger partial charge is 0.493 e. The van der Waals surface area contributed by atoms with Gasteiger partial charge < -0.3 is 19.1 Å². The summed E-state index contributed by atoms with van der Waals surface area (Å²) in [7, 11) is 4.99. The number of pyridine rings is 1. The first-order chi connectivity index (χ1) is 15.0. The molecular weight excluding hydrogens is 394 g/mol. The summed E-state index contributed by atoms with van der Waals surface area (Å²) < 4.78 is 16.7. The number of nitrogens with zero attached hydrogens (tertiary/aromatic N) is 3. The third-order valence-electron chi connectivity index (χ3n) is 6.31. The van der Waals surface area contributed by atoms with Gasteiger partial charge in [0.1, 0.15) is 0 Å². The maximum atomic E-state index is 12.8. The lowest BCUT2D eigenvalue weighted by Crippen LogP contribution is -2.30. The fourth-order valence-electron chi connectivity index (χ4n) is 4.68. The highest BCUT2D eigenvalue weighted by molar-refractivity contribution is 5.98. The summed E-state index contributed by atoms with van der Waals surface area (Å²) in [6.07, 6.45) is 1.03. The number of hydrogen-bond donors (Lipinski definition) is 0. The van der Waals surface area contributed by atoms with E-state index in [1.807, 2.05) is 36.9 Å². The molecule has 1 saturated heterocycles. The van der Waals surface area contributed by atoms with Gasteiger partial charge in [-0.05, 0) is 38.9 Å². The van der Waals surface area contributed by atoms with E-state index in [1.54, 1.807) is 21.3 Å². The van der Waals surface area contributed by atoms with Crippen LogP contribution in [0.15, 0.2) is 24.3 Å². The number of ether oxygens (including phenoxy) is 3. The van der Waals surface area contributed by atoms with Gasteiger partial charge in [-0.3, -0.25) is 9.69 Å². The van der Waals surface area contributed by atoms with Gasteiger partial charge in [-0.2, -0.15) is 0 Å². The van der Waals surface area contributed by atoms with Crippen LogP contribution in [0.4, 0.5) is 0 Å². The average molecular weight is 426 g/mol. The van der Waals surface area contributed by atoms with Gasteiger partial charge in [-0.15, -0.1) is 0 Å². The molecule has 0 aliphatic carbocycles. The van der Waals surface area contributed by atoms with E-state index in [4.69, 9.17) is 14.2 Å². The fourth-order valence-corrected chi connectivity index (χ4v) is 4.68. The molecule has 31 heavy (non-hydrogen) atoms. The van der Waals surface area contributed by atoms with Gasteiger partial charge in [0.25, 0.3) is 5.91 Å². The van der Waals surface area contributed by atoms with Gasteiger partial charge in [-0.25, -0.2) is 4.98 Å². The molecule has 1 aromatic carbocycles. The van der Waals surface area contributed by atoms with Crippen LogP contribution in [0.5, 0.6) is 17.4 Å². The Hall–Kier alpha value is -2.80. The van der Waals surface area contributed by atoms with Crippen molar-refractivity contribution in [1.82, 2.24) is 14.8 Å². The van der Waals surface area contributed by atoms with Crippen LogP contribution in [0.2, 0.25) is 0 Å². The molecule has 2 aliphatic heterocycles. The van der Waals surface area contributed by atoms with E-state index in [0.717, 1.165) is 42.3 Å². The van der Waals surface area contributed by atoms with Gasteiger partial charge >= 0.3 is 0 Å². The molecule has 0 spiro atoms. The summed E-state index contributed by atoms with van der Waals surface area (Å²) >= 11 is 0. The van der Waals surface area contributed by atoms with Crippen molar-refractivity contribution in [3.63, 3.8) is 0 Å². The zero-order valence-electron chi connectivity index (χ0n) is 19.0. The minimum atomic E-state index is 0.0572. The molecular formula is C24H31N3O4. The van der Waals surface area contributed by atoms with Gasteiger partial charge in [-0.1, -0.05) is 12.1 Å². The Balaban J connectivity index is 1.54. The molecule has 0 radical (unpaired) electrons. The maximum absolute atomic E-state index is 12.8. The zero-order valence-corrected chi connectivity index (χ0v) is 19.0. The van der Waals surface area contributed by atoms with Crippen molar-refractivity contribution in [3.8, 4) is 17.4 Å². The van der Waals surface area contributed by atoms with Crippen molar-refractivity contribution >= 4 is 5.91 Å². The minimum Gasteiger partial charge on any atom is -0.493 e. The van der Waals surface area contributed by atoms with Gasteiger partial charge in [0, 0.05) is 36.2 Å². The van der Waals surface area contributed by atoms with Gasteiger partial charge in [0.05, 0.1) is 39.1 Å². The predicted molar refractivity (Wildman–Crippen MR) is 118 cm³/mol. The molecule has 1 unspecified atom stereocenters. The number of amides is 1. The van der Waals surface area contributed by atoms with Crippen molar-refractivity contribution in [1.29, 1.82) is 0 Å². The first kappa shape index (κ1) is 21.4. The molecule has 7 nitrogen and oxygen atoms in total. The number of aromatic nitrogens is 1. The number of carbonyl (C=O) groups excluding carboxylic acids is 1. The molecule has 3 heterocycles. The summed E-state index contributed by atoms with van der Waals surface area (Å²) in [5, 5.41) is 0. The van der Waals surface area contributed by atoms with Crippen molar-refractivity contribution in [3.05, 3.63) is 46.6 Å². The quantitative estimate of drug-likeness (QED) is 0.677. The number of hydrogen-bond acceptors (Lipinski definition) is 6. The van der Waals surface area contributed by atoms with E-state index in [1.165, 1.54) is 5.56 Å². The highest BCUT2D eigenvalue weighted by Crippen LogP contribution is 2.40. The van der Waals surface area contributed by atoms with E-state index >= 15 is 0 Å². The van der Waals surface area contributed by atoms with E-state index in [0.29, 0.717) is 30.5 Å². The lowest BCUT2D eigenvalue weighted by Gasteiger charge is -2.20. The van der Waals surface area contributed by atoms with Crippen LogP contribution in [0.1, 0.15) is 53.4 Å². The molecule has 2 aliphatic rings. The molecule has 1 atom stereocenters. The molecule has 1 amide bonds. The second-order valence-corrected chi connectivity index (χ2v) is 8.48. The lowest BCUT2D eigenvalue weighted by molar-refractivity contribution is 0.0730. The average Bonchev–Trinajstić information content (AvgIpc) is 3.37. The lowest BCUT2D eigenvalue weighted by atomic mass is 9.97. The molecule has 0 saturated carbocycles. The summed E-state index contributed by atoms with van der Waals surface area (Å²) in [4.78, 5) is 21.7. The molecule has 0 N–H and O–H groups in total. The Morgan fingerprint density at radius 3 is 2.65 bits per heavy atom. The zero-order chi connectivity index (χ0) is 22.1. The fraction of sp³-hybridized carbons (Fsp3) is 0.500. The normalized spacial score (nSPS) is 18.6. The Morgan fingerprint density at radius 2 is 1.97 bits per heavy atom. The number of likely N-dealkylation sites (tertiary alicyclic amines) is 1. The van der Waals surface area contributed by atoms with E-state index < -0.39 is 0 Å². The SMILES string of the molecule is COc1cccc(C2CCN(Cc3cc4c(nc3OC)CN(C(C)C)C4=O)C2)c1OC. The van der Waals surface area contributed by atoms with Crippen molar-refractivity contribution in [2.45, 2.75) is 45.3 Å². The molecule has 1 fully saturated rings. The maximum Gasteiger partial charge on any atom is 0.256 e. The van der Waals surface area contributed by atoms with E-state index in [2.05, 4.69) is 16.0 Å².